The Labute approximate surface area is 116 Å². The van der Waals surface area contributed by atoms with Crippen LogP contribution in [0.15, 0.2) is 53.8 Å². The fourth-order valence-corrected chi connectivity index (χ4v) is 2.56. The van der Waals surface area contributed by atoms with Gasteiger partial charge in [0.15, 0.2) is 5.96 Å². The molecular weight excluding hydrogens is 255 g/mol. The lowest BCUT2D eigenvalue weighted by molar-refractivity contribution is 0.529. The smallest absolute Gasteiger partial charge is 0.196 e. The zero-order chi connectivity index (χ0) is 14.2. The summed E-state index contributed by atoms with van der Waals surface area (Å²) in [5.74, 6) is 0.0951. The van der Waals surface area contributed by atoms with Gasteiger partial charge < -0.3 is 10.6 Å². The molecule has 0 radical (unpaired) electrons. The van der Waals surface area contributed by atoms with E-state index in [-0.39, 0.29) is 5.82 Å². The van der Waals surface area contributed by atoms with Crippen molar-refractivity contribution in [2.24, 2.45) is 10.7 Å². The van der Waals surface area contributed by atoms with Gasteiger partial charge in [-0.15, -0.1) is 0 Å². The average Bonchev–Trinajstić information content (AvgIpc) is 2.77. The van der Waals surface area contributed by atoms with Crippen LogP contribution in [0.2, 0.25) is 0 Å². The van der Waals surface area contributed by atoms with Crippen LogP contribution in [0.5, 0.6) is 0 Å². The van der Waals surface area contributed by atoms with Gasteiger partial charge in [-0.1, -0.05) is 12.1 Å². The second-order valence-corrected chi connectivity index (χ2v) is 5.01. The molecule has 2 heterocycles. The van der Waals surface area contributed by atoms with Gasteiger partial charge in [-0.25, -0.2) is 4.39 Å². The van der Waals surface area contributed by atoms with E-state index in [1.807, 2.05) is 30.0 Å². The van der Waals surface area contributed by atoms with Crippen molar-refractivity contribution in [2.75, 3.05) is 11.4 Å². The molecule has 0 amide bonds. The van der Waals surface area contributed by atoms with E-state index in [0.717, 1.165) is 5.56 Å². The lowest BCUT2D eigenvalue weighted by Crippen LogP contribution is -2.47. The summed E-state index contributed by atoms with van der Waals surface area (Å²) in [5, 5.41) is 0. The summed E-state index contributed by atoms with van der Waals surface area (Å²) in [4.78, 5) is 10.3. The Kier molecular flexibility index (Phi) is 2.89. The molecule has 1 aromatic carbocycles. The van der Waals surface area contributed by atoms with Crippen LogP contribution >= 0.6 is 0 Å². The Hall–Kier alpha value is -2.43. The minimum Gasteiger partial charge on any atom is -0.369 e. The molecule has 0 saturated heterocycles. The first-order chi connectivity index (χ1) is 9.61. The van der Waals surface area contributed by atoms with Crippen molar-refractivity contribution in [3.05, 3.63) is 60.2 Å². The predicted molar refractivity (Wildman–Crippen MR) is 77.0 cm³/mol. The lowest BCUT2D eigenvalue weighted by Gasteiger charge is -2.36. The molecule has 0 spiro atoms. The molecule has 0 saturated carbocycles. The van der Waals surface area contributed by atoms with Gasteiger partial charge in [0.2, 0.25) is 0 Å². The first-order valence-electron chi connectivity index (χ1n) is 6.37. The van der Waals surface area contributed by atoms with Crippen molar-refractivity contribution in [1.82, 2.24) is 4.98 Å². The minimum atomic E-state index is -0.452. The summed E-state index contributed by atoms with van der Waals surface area (Å²) >= 11 is 0. The Bertz CT molecular complexity index is 656. The molecule has 0 fully saturated rings. The fourth-order valence-electron chi connectivity index (χ4n) is 2.56. The quantitative estimate of drug-likeness (QED) is 0.910. The van der Waals surface area contributed by atoms with Crippen molar-refractivity contribution in [3.63, 3.8) is 0 Å². The number of aromatic nitrogens is 1. The normalized spacial score (nSPS) is 21.9. The molecule has 2 N–H and O–H groups in total. The lowest BCUT2D eigenvalue weighted by atomic mass is 9.92. The van der Waals surface area contributed by atoms with Gasteiger partial charge >= 0.3 is 0 Å². The van der Waals surface area contributed by atoms with E-state index in [9.17, 15) is 4.39 Å². The Morgan fingerprint density at radius 1 is 1.30 bits per heavy atom. The number of guanidine groups is 1. The van der Waals surface area contributed by atoms with Crippen LogP contribution in [0.3, 0.4) is 0 Å². The Balaban J connectivity index is 2.09. The molecule has 0 aliphatic carbocycles. The second-order valence-electron chi connectivity index (χ2n) is 5.01. The van der Waals surface area contributed by atoms with Gasteiger partial charge in [-0.3, -0.25) is 9.98 Å². The van der Waals surface area contributed by atoms with E-state index in [4.69, 9.17) is 5.73 Å². The summed E-state index contributed by atoms with van der Waals surface area (Å²) in [5.41, 5.74) is 7.24. The summed E-state index contributed by atoms with van der Waals surface area (Å²) in [7, 11) is 0. The number of nitrogens with zero attached hydrogens (tertiary/aromatic N) is 3. The molecule has 3 rings (SSSR count). The molecule has 5 heteroatoms. The Morgan fingerprint density at radius 3 is 2.85 bits per heavy atom. The molecule has 1 aliphatic rings. The summed E-state index contributed by atoms with van der Waals surface area (Å²) < 4.78 is 13.5. The van der Waals surface area contributed by atoms with E-state index < -0.39 is 5.54 Å². The van der Waals surface area contributed by atoms with Gasteiger partial charge in [0.25, 0.3) is 0 Å². The molecule has 1 aliphatic heterocycles. The molecule has 1 aromatic heterocycles. The van der Waals surface area contributed by atoms with Crippen LogP contribution < -0.4 is 10.6 Å². The number of halogens is 1. The highest BCUT2D eigenvalue weighted by molar-refractivity contribution is 5.98. The van der Waals surface area contributed by atoms with Gasteiger partial charge in [0.1, 0.15) is 5.82 Å². The molecule has 4 nitrogen and oxygen atoms in total. The molecule has 102 valence electrons. The number of hydrogen-bond acceptors (Lipinski definition) is 4. The minimum absolute atomic E-state index is 0.296. The zero-order valence-electron chi connectivity index (χ0n) is 11.1. The third-order valence-corrected chi connectivity index (χ3v) is 3.62. The first kappa shape index (κ1) is 12.6. The van der Waals surface area contributed by atoms with Crippen LogP contribution in [0.1, 0.15) is 12.5 Å². The molecule has 1 unspecified atom stereocenters. The number of anilines is 1. The van der Waals surface area contributed by atoms with Crippen LogP contribution in [0.4, 0.5) is 10.1 Å². The van der Waals surface area contributed by atoms with Crippen molar-refractivity contribution < 1.29 is 4.39 Å². The van der Waals surface area contributed by atoms with E-state index in [1.54, 1.807) is 18.5 Å². The van der Waals surface area contributed by atoms with Crippen LogP contribution in [0, 0.1) is 5.82 Å². The monoisotopic (exact) mass is 270 g/mol. The van der Waals surface area contributed by atoms with Gasteiger partial charge in [-0.2, -0.15) is 0 Å². The van der Waals surface area contributed by atoms with Crippen molar-refractivity contribution in [1.29, 1.82) is 0 Å². The number of nitrogens with two attached hydrogens (primary N) is 1. The third kappa shape index (κ3) is 1.91. The molecule has 0 bridgehead atoms. The van der Waals surface area contributed by atoms with Crippen molar-refractivity contribution in [2.45, 2.75) is 12.5 Å². The number of aliphatic imine (C=N–C) groups is 1. The fraction of sp³-hybridized carbons (Fsp3) is 0.200. The first-order valence-corrected chi connectivity index (χ1v) is 6.37. The summed E-state index contributed by atoms with van der Waals surface area (Å²) in [6, 6.07) is 10.2. The van der Waals surface area contributed by atoms with Crippen LogP contribution in [-0.4, -0.2) is 17.5 Å². The SMILES string of the molecule is CC1(c2cccnc2)CN=C(N)N1c1cccc(F)c1. The average molecular weight is 270 g/mol. The maximum atomic E-state index is 13.5. The third-order valence-electron chi connectivity index (χ3n) is 3.62. The molecule has 20 heavy (non-hydrogen) atoms. The molecule has 1 atom stereocenters. The van der Waals surface area contributed by atoms with Gasteiger partial charge in [0, 0.05) is 18.1 Å². The number of benzene rings is 1. The van der Waals surface area contributed by atoms with Crippen molar-refractivity contribution >= 4 is 11.6 Å². The predicted octanol–water partition coefficient (Wildman–Crippen LogP) is 2.27. The van der Waals surface area contributed by atoms with Crippen LogP contribution in [0.25, 0.3) is 0 Å². The Morgan fingerprint density at radius 2 is 2.15 bits per heavy atom. The highest BCUT2D eigenvalue weighted by atomic mass is 19.1. The second kappa shape index (κ2) is 4.59. The van der Waals surface area contributed by atoms with E-state index >= 15 is 0 Å². The molecular formula is C15H15FN4. The van der Waals surface area contributed by atoms with Gasteiger partial charge in [0.05, 0.1) is 12.1 Å². The topological polar surface area (TPSA) is 54.5 Å². The number of pyridine rings is 1. The maximum Gasteiger partial charge on any atom is 0.196 e. The van der Waals surface area contributed by atoms with E-state index in [1.165, 1.54) is 12.1 Å². The van der Waals surface area contributed by atoms with Crippen LogP contribution in [-0.2, 0) is 5.54 Å². The van der Waals surface area contributed by atoms with E-state index in [2.05, 4.69) is 9.98 Å². The number of hydrogen-bond donors (Lipinski definition) is 1. The van der Waals surface area contributed by atoms with E-state index in [0.29, 0.717) is 18.2 Å². The molecule has 2 aromatic rings. The summed E-state index contributed by atoms with van der Waals surface area (Å²) in [6.07, 6.45) is 3.51. The summed E-state index contributed by atoms with van der Waals surface area (Å²) in [6.45, 7) is 2.54. The van der Waals surface area contributed by atoms with Gasteiger partial charge in [-0.05, 0) is 36.8 Å². The highest BCUT2D eigenvalue weighted by Gasteiger charge is 2.40. The van der Waals surface area contributed by atoms with Crippen molar-refractivity contribution in [3.8, 4) is 0 Å². The largest absolute Gasteiger partial charge is 0.369 e. The highest BCUT2D eigenvalue weighted by Crippen LogP contribution is 2.36. The standard InChI is InChI=1S/C15H15FN4/c1-15(11-4-3-7-18-9-11)10-19-14(17)20(15)13-6-2-5-12(16)8-13/h2-9H,10H2,1H3,(H2,17,19). The maximum absolute atomic E-state index is 13.5. The zero-order valence-corrected chi connectivity index (χ0v) is 11.1. The number of rotatable bonds is 2.